The van der Waals surface area contributed by atoms with Gasteiger partial charge in [-0.1, -0.05) is 0 Å². The number of aryl methyl sites for hydroxylation is 1. The summed E-state index contributed by atoms with van der Waals surface area (Å²) in [6, 6.07) is 3.86. The van der Waals surface area contributed by atoms with Gasteiger partial charge in [0.15, 0.2) is 0 Å². The first-order valence-corrected chi connectivity index (χ1v) is 5.10. The summed E-state index contributed by atoms with van der Waals surface area (Å²) in [5, 5.41) is 3.27. The number of anilines is 2. The molecule has 3 N–H and O–H groups in total. The zero-order valence-electron chi connectivity index (χ0n) is 9.14. The Labute approximate surface area is 94.5 Å². The second-order valence-corrected chi connectivity index (χ2v) is 3.62. The lowest BCUT2D eigenvalue weighted by molar-refractivity contribution is 1.08. The molecule has 0 saturated carbocycles. The molecule has 0 atom stereocenters. The summed E-state index contributed by atoms with van der Waals surface area (Å²) in [6.45, 7) is 2.78. The molecule has 2 aromatic rings. The average molecular weight is 214 g/mol. The van der Waals surface area contributed by atoms with Crippen LogP contribution in [0.4, 0.5) is 11.4 Å². The van der Waals surface area contributed by atoms with Gasteiger partial charge < -0.3 is 11.1 Å². The zero-order valence-corrected chi connectivity index (χ0v) is 9.14. The molecule has 4 heteroatoms. The molecule has 4 nitrogen and oxygen atoms in total. The number of aromatic nitrogens is 2. The van der Waals surface area contributed by atoms with Crippen molar-refractivity contribution in [1.82, 2.24) is 9.97 Å². The summed E-state index contributed by atoms with van der Waals surface area (Å²) in [7, 11) is 0. The molecule has 2 heterocycles. The normalized spacial score (nSPS) is 10.1. The van der Waals surface area contributed by atoms with Crippen LogP contribution in [-0.2, 0) is 6.54 Å². The number of pyridine rings is 2. The van der Waals surface area contributed by atoms with E-state index in [0.29, 0.717) is 12.2 Å². The Morgan fingerprint density at radius 2 is 1.94 bits per heavy atom. The molecule has 16 heavy (non-hydrogen) atoms. The first-order valence-electron chi connectivity index (χ1n) is 5.10. The Morgan fingerprint density at radius 1 is 1.19 bits per heavy atom. The first-order chi connectivity index (χ1) is 7.77. The maximum absolute atomic E-state index is 5.78. The van der Waals surface area contributed by atoms with E-state index in [0.717, 1.165) is 5.69 Å². The molecular formula is C12H14N4. The van der Waals surface area contributed by atoms with Crippen LogP contribution < -0.4 is 11.1 Å². The van der Waals surface area contributed by atoms with Gasteiger partial charge in [0.2, 0.25) is 0 Å². The molecule has 2 rings (SSSR count). The summed E-state index contributed by atoms with van der Waals surface area (Å²) in [6.07, 6.45) is 7.01. The van der Waals surface area contributed by atoms with E-state index in [9.17, 15) is 0 Å². The SMILES string of the molecule is Cc1ccncc1CNc1ccncc1N. The Hall–Kier alpha value is -2.10. The van der Waals surface area contributed by atoms with E-state index >= 15 is 0 Å². The third-order valence-electron chi connectivity index (χ3n) is 2.47. The largest absolute Gasteiger partial charge is 0.396 e. The number of nitrogens with one attached hydrogen (secondary N) is 1. The standard InChI is InChI=1S/C12H14N4/c1-9-2-4-14-6-10(9)7-16-12-3-5-15-8-11(12)13/h2-6,8H,7,13H2,1H3,(H,15,16). The van der Waals surface area contributed by atoms with Crippen molar-refractivity contribution in [2.45, 2.75) is 13.5 Å². The number of nitrogen functional groups attached to an aromatic ring is 1. The number of rotatable bonds is 3. The Balaban J connectivity index is 2.09. The fraction of sp³-hybridized carbons (Fsp3) is 0.167. The van der Waals surface area contributed by atoms with Crippen LogP contribution in [0.1, 0.15) is 11.1 Å². The van der Waals surface area contributed by atoms with Crippen molar-refractivity contribution in [3.8, 4) is 0 Å². The molecule has 0 bridgehead atoms. The maximum atomic E-state index is 5.78. The summed E-state index contributed by atoms with van der Waals surface area (Å²) >= 11 is 0. The molecule has 82 valence electrons. The number of nitrogens with two attached hydrogens (primary N) is 1. The predicted molar refractivity (Wildman–Crippen MR) is 65.0 cm³/mol. The Morgan fingerprint density at radius 3 is 2.69 bits per heavy atom. The third-order valence-corrected chi connectivity index (χ3v) is 2.47. The highest BCUT2D eigenvalue weighted by atomic mass is 14.9. The highest BCUT2D eigenvalue weighted by molar-refractivity contribution is 5.64. The van der Waals surface area contributed by atoms with Crippen molar-refractivity contribution in [2.24, 2.45) is 0 Å². The van der Waals surface area contributed by atoms with Gasteiger partial charge in [0.25, 0.3) is 0 Å². The van der Waals surface area contributed by atoms with Gasteiger partial charge >= 0.3 is 0 Å². The molecule has 0 aromatic carbocycles. The average Bonchev–Trinajstić information content (AvgIpc) is 2.30. The van der Waals surface area contributed by atoms with Gasteiger partial charge in [-0.3, -0.25) is 9.97 Å². The van der Waals surface area contributed by atoms with E-state index in [-0.39, 0.29) is 0 Å². The van der Waals surface area contributed by atoms with Crippen molar-refractivity contribution in [3.63, 3.8) is 0 Å². The molecule has 0 unspecified atom stereocenters. The summed E-state index contributed by atoms with van der Waals surface area (Å²) in [4.78, 5) is 8.04. The van der Waals surface area contributed by atoms with Crippen LogP contribution >= 0.6 is 0 Å². The monoisotopic (exact) mass is 214 g/mol. The first kappa shape index (κ1) is 10.4. The molecule has 0 spiro atoms. The molecule has 0 fully saturated rings. The molecule has 0 aliphatic carbocycles. The molecular weight excluding hydrogens is 200 g/mol. The van der Waals surface area contributed by atoms with Crippen LogP contribution in [0.2, 0.25) is 0 Å². The Bertz CT molecular complexity index is 436. The van der Waals surface area contributed by atoms with Crippen LogP contribution in [0.5, 0.6) is 0 Å². The van der Waals surface area contributed by atoms with Crippen molar-refractivity contribution in [3.05, 3.63) is 48.0 Å². The van der Waals surface area contributed by atoms with Gasteiger partial charge in [0, 0.05) is 25.1 Å². The molecule has 2 aromatic heterocycles. The van der Waals surface area contributed by atoms with Crippen molar-refractivity contribution >= 4 is 11.4 Å². The molecule has 0 amide bonds. The minimum absolute atomic E-state index is 0.657. The molecule has 0 aliphatic heterocycles. The molecule has 0 saturated heterocycles. The van der Waals surface area contributed by atoms with Gasteiger partial charge in [-0.15, -0.1) is 0 Å². The van der Waals surface area contributed by atoms with E-state index in [1.165, 1.54) is 11.1 Å². The highest BCUT2D eigenvalue weighted by Gasteiger charge is 2.00. The fourth-order valence-electron chi connectivity index (χ4n) is 1.44. The summed E-state index contributed by atoms with van der Waals surface area (Å²) in [5.74, 6) is 0. The lowest BCUT2D eigenvalue weighted by atomic mass is 10.1. The maximum Gasteiger partial charge on any atom is 0.0736 e. The second-order valence-electron chi connectivity index (χ2n) is 3.62. The quantitative estimate of drug-likeness (QED) is 0.820. The molecule has 0 radical (unpaired) electrons. The van der Waals surface area contributed by atoms with Crippen LogP contribution in [0.25, 0.3) is 0 Å². The van der Waals surface area contributed by atoms with Crippen LogP contribution in [-0.4, -0.2) is 9.97 Å². The van der Waals surface area contributed by atoms with Gasteiger partial charge in [-0.05, 0) is 30.2 Å². The van der Waals surface area contributed by atoms with Crippen LogP contribution in [0, 0.1) is 6.92 Å². The van der Waals surface area contributed by atoms with Gasteiger partial charge in [-0.2, -0.15) is 0 Å². The topological polar surface area (TPSA) is 63.8 Å². The minimum Gasteiger partial charge on any atom is -0.396 e. The Kier molecular flexibility index (Phi) is 3.00. The zero-order chi connectivity index (χ0) is 11.4. The van der Waals surface area contributed by atoms with Crippen molar-refractivity contribution in [2.75, 3.05) is 11.1 Å². The second kappa shape index (κ2) is 4.61. The van der Waals surface area contributed by atoms with E-state index < -0.39 is 0 Å². The van der Waals surface area contributed by atoms with Crippen molar-refractivity contribution in [1.29, 1.82) is 0 Å². The van der Waals surface area contributed by atoms with Gasteiger partial charge in [0.1, 0.15) is 0 Å². The minimum atomic E-state index is 0.657. The van der Waals surface area contributed by atoms with E-state index in [1.54, 1.807) is 18.6 Å². The van der Waals surface area contributed by atoms with Gasteiger partial charge in [-0.25, -0.2) is 0 Å². The van der Waals surface area contributed by atoms with E-state index in [1.807, 2.05) is 18.3 Å². The number of hydrogen-bond donors (Lipinski definition) is 2. The summed E-state index contributed by atoms with van der Waals surface area (Å²) in [5.41, 5.74) is 9.72. The lowest BCUT2D eigenvalue weighted by Crippen LogP contribution is -2.04. The van der Waals surface area contributed by atoms with Gasteiger partial charge in [0.05, 0.1) is 17.6 Å². The lowest BCUT2D eigenvalue weighted by Gasteiger charge is -2.09. The van der Waals surface area contributed by atoms with E-state index in [2.05, 4.69) is 22.2 Å². The van der Waals surface area contributed by atoms with Crippen molar-refractivity contribution < 1.29 is 0 Å². The summed E-state index contributed by atoms with van der Waals surface area (Å²) < 4.78 is 0. The smallest absolute Gasteiger partial charge is 0.0736 e. The predicted octanol–water partition coefficient (Wildman–Crippen LogP) is 1.98. The van der Waals surface area contributed by atoms with Crippen LogP contribution in [0.3, 0.4) is 0 Å². The fourth-order valence-corrected chi connectivity index (χ4v) is 1.44. The number of hydrogen-bond acceptors (Lipinski definition) is 4. The third kappa shape index (κ3) is 2.28. The molecule has 0 aliphatic rings. The van der Waals surface area contributed by atoms with Crippen LogP contribution in [0.15, 0.2) is 36.9 Å². The van der Waals surface area contributed by atoms with E-state index in [4.69, 9.17) is 5.73 Å². The highest BCUT2D eigenvalue weighted by Crippen LogP contribution is 2.16. The number of nitrogens with zero attached hydrogens (tertiary/aromatic N) is 2.